The molecule has 0 fully saturated rings. The minimum atomic E-state index is -0.197. The number of amides is 1. The fraction of sp³-hybridized carbons (Fsp3) is 0.250. The molecule has 5 heteroatoms. The first kappa shape index (κ1) is 15.3. The number of carbonyl (C=O) groups excluding carboxylic acids is 1. The van der Waals surface area contributed by atoms with Gasteiger partial charge >= 0.3 is 0 Å². The number of aromatic nitrogens is 1. The molecule has 1 amide bonds. The molecule has 0 bridgehead atoms. The minimum absolute atomic E-state index is 0.117. The minimum Gasteiger partial charge on any atom is -0.491 e. The molecule has 0 spiro atoms. The van der Waals surface area contributed by atoms with E-state index in [1.54, 1.807) is 18.3 Å². The molecule has 21 heavy (non-hydrogen) atoms. The third-order valence-electron chi connectivity index (χ3n) is 2.96. The van der Waals surface area contributed by atoms with E-state index in [1.165, 1.54) is 5.56 Å². The highest BCUT2D eigenvalue weighted by Crippen LogP contribution is 2.11. The van der Waals surface area contributed by atoms with E-state index < -0.39 is 0 Å². The molecule has 0 radical (unpaired) electrons. The standard InChI is InChI=1S/C16H18N2O2S/c1-11-5-7-13(8-6-11)20-10-12(2)18-15(19)14-4-3-9-17-16(14)21/h3-9,12H,10H2,1-2H3,(H,17,21)(H,18,19). The van der Waals surface area contributed by atoms with Gasteiger partial charge in [0.05, 0.1) is 11.6 Å². The average molecular weight is 302 g/mol. The number of nitrogens with one attached hydrogen (secondary N) is 2. The van der Waals surface area contributed by atoms with Gasteiger partial charge in [0.25, 0.3) is 5.91 Å². The lowest BCUT2D eigenvalue weighted by Crippen LogP contribution is -2.37. The van der Waals surface area contributed by atoms with Crippen LogP contribution in [0.1, 0.15) is 22.8 Å². The summed E-state index contributed by atoms with van der Waals surface area (Å²) in [6.07, 6.45) is 1.70. The van der Waals surface area contributed by atoms with Crippen molar-refractivity contribution in [2.45, 2.75) is 19.9 Å². The summed E-state index contributed by atoms with van der Waals surface area (Å²) in [6.45, 7) is 4.32. The van der Waals surface area contributed by atoms with Crippen LogP contribution < -0.4 is 10.1 Å². The summed E-state index contributed by atoms with van der Waals surface area (Å²) in [5, 5.41) is 2.87. The van der Waals surface area contributed by atoms with E-state index in [1.807, 2.05) is 38.1 Å². The highest BCUT2D eigenvalue weighted by atomic mass is 32.1. The van der Waals surface area contributed by atoms with Gasteiger partial charge in [-0.1, -0.05) is 29.9 Å². The van der Waals surface area contributed by atoms with E-state index in [4.69, 9.17) is 17.0 Å². The molecule has 1 heterocycles. The van der Waals surface area contributed by atoms with Gasteiger partial charge in [0, 0.05) is 6.20 Å². The summed E-state index contributed by atoms with van der Waals surface area (Å²) in [7, 11) is 0. The van der Waals surface area contributed by atoms with E-state index in [9.17, 15) is 4.79 Å². The number of H-pyrrole nitrogens is 1. The highest BCUT2D eigenvalue weighted by Gasteiger charge is 2.11. The SMILES string of the molecule is Cc1ccc(OCC(C)NC(=O)c2ccc[nH]c2=S)cc1. The zero-order chi connectivity index (χ0) is 15.2. The molecule has 0 aliphatic heterocycles. The quantitative estimate of drug-likeness (QED) is 0.834. The maximum Gasteiger partial charge on any atom is 0.254 e. The Morgan fingerprint density at radius 3 is 2.71 bits per heavy atom. The van der Waals surface area contributed by atoms with Crippen LogP contribution >= 0.6 is 12.2 Å². The first-order valence-electron chi connectivity index (χ1n) is 6.74. The largest absolute Gasteiger partial charge is 0.491 e. The predicted molar refractivity (Wildman–Crippen MR) is 85.2 cm³/mol. The van der Waals surface area contributed by atoms with Crippen LogP contribution in [0.25, 0.3) is 0 Å². The van der Waals surface area contributed by atoms with Gasteiger partial charge in [0.15, 0.2) is 0 Å². The molecule has 2 N–H and O–H groups in total. The molecule has 1 atom stereocenters. The molecule has 0 saturated carbocycles. The third-order valence-corrected chi connectivity index (χ3v) is 3.30. The molecule has 1 aromatic heterocycles. The molecule has 0 aliphatic rings. The van der Waals surface area contributed by atoms with Crippen LogP contribution in [-0.4, -0.2) is 23.5 Å². The van der Waals surface area contributed by atoms with Gasteiger partial charge in [-0.25, -0.2) is 0 Å². The van der Waals surface area contributed by atoms with Crippen LogP contribution in [0.5, 0.6) is 5.75 Å². The Morgan fingerprint density at radius 1 is 1.33 bits per heavy atom. The van der Waals surface area contributed by atoms with E-state index in [0.29, 0.717) is 16.8 Å². The molecule has 4 nitrogen and oxygen atoms in total. The number of pyridine rings is 1. The Balaban J connectivity index is 1.88. The normalized spacial score (nSPS) is 11.7. The smallest absolute Gasteiger partial charge is 0.254 e. The Bertz CT molecular complexity index is 664. The predicted octanol–water partition coefficient (Wildman–Crippen LogP) is 3.25. The van der Waals surface area contributed by atoms with Crippen molar-refractivity contribution in [1.29, 1.82) is 0 Å². The monoisotopic (exact) mass is 302 g/mol. The first-order chi connectivity index (χ1) is 10.1. The van der Waals surface area contributed by atoms with E-state index in [0.717, 1.165) is 5.75 Å². The summed E-state index contributed by atoms with van der Waals surface area (Å²) >= 11 is 5.09. The zero-order valence-corrected chi connectivity index (χ0v) is 12.9. The van der Waals surface area contributed by atoms with E-state index in [-0.39, 0.29) is 11.9 Å². The van der Waals surface area contributed by atoms with Crippen molar-refractivity contribution < 1.29 is 9.53 Å². The fourth-order valence-electron chi connectivity index (χ4n) is 1.80. The molecule has 2 rings (SSSR count). The summed E-state index contributed by atoms with van der Waals surface area (Å²) in [5.41, 5.74) is 1.65. The zero-order valence-electron chi connectivity index (χ0n) is 12.1. The van der Waals surface area contributed by atoms with Gasteiger partial charge in [-0.3, -0.25) is 4.79 Å². The number of carbonyl (C=O) groups is 1. The van der Waals surface area contributed by atoms with Crippen molar-refractivity contribution in [2.75, 3.05) is 6.61 Å². The van der Waals surface area contributed by atoms with Crippen molar-refractivity contribution in [1.82, 2.24) is 10.3 Å². The number of aryl methyl sites for hydroxylation is 1. The summed E-state index contributed by atoms with van der Waals surface area (Å²) in [6, 6.07) is 11.1. The molecular formula is C16H18N2O2S. The van der Waals surface area contributed by atoms with Crippen LogP contribution in [-0.2, 0) is 0 Å². The third kappa shape index (κ3) is 4.43. The van der Waals surface area contributed by atoms with Gasteiger partial charge in [0.2, 0.25) is 0 Å². The number of hydrogen-bond acceptors (Lipinski definition) is 3. The van der Waals surface area contributed by atoms with Gasteiger partial charge < -0.3 is 15.0 Å². The summed E-state index contributed by atoms with van der Waals surface area (Å²) in [5.74, 6) is 0.593. The number of ether oxygens (including phenoxy) is 1. The second-order valence-corrected chi connectivity index (χ2v) is 5.32. The number of hydrogen-bond donors (Lipinski definition) is 2. The van der Waals surface area contributed by atoms with Gasteiger partial charge in [-0.2, -0.15) is 0 Å². The van der Waals surface area contributed by atoms with Crippen LogP contribution in [0.15, 0.2) is 42.6 Å². The van der Waals surface area contributed by atoms with Gasteiger partial charge in [-0.05, 0) is 38.1 Å². The van der Waals surface area contributed by atoms with Gasteiger partial charge in [0.1, 0.15) is 17.0 Å². The van der Waals surface area contributed by atoms with Crippen LogP contribution in [0.3, 0.4) is 0 Å². The Hall–Kier alpha value is -2.14. The molecule has 1 unspecified atom stereocenters. The van der Waals surface area contributed by atoms with Crippen LogP contribution in [0, 0.1) is 11.6 Å². The van der Waals surface area contributed by atoms with Crippen molar-refractivity contribution in [3.8, 4) is 5.75 Å². The second kappa shape index (κ2) is 7.04. The number of benzene rings is 1. The molecule has 1 aromatic carbocycles. The molecule has 110 valence electrons. The van der Waals surface area contributed by atoms with Gasteiger partial charge in [-0.15, -0.1) is 0 Å². The lowest BCUT2D eigenvalue weighted by Gasteiger charge is -2.15. The number of rotatable bonds is 5. The van der Waals surface area contributed by atoms with Crippen molar-refractivity contribution in [3.05, 3.63) is 58.4 Å². The van der Waals surface area contributed by atoms with Crippen LogP contribution in [0.4, 0.5) is 0 Å². The first-order valence-corrected chi connectivity index (χ1v) is 7.15. The van der Waals surface area contributed by atoms with E-state index >= 15 is 0 Å². The topological polar surface area (TPSA) is 54.1 Å². The maximum absolute atomic E-state index is 12.1. The average Bonchev–Trinajstić information content (AvgIpc) is 2.47. The van der Waals surface area contributed by atoms with Crippen molar-refractivity contribution in [2.24, 2.45) is 0 Å². The van der Waals surface area contributed by atoms with Crippen molar-refractivity contribution >= 4 is 18.1 Å². The second-order valence-electron chi connectivity index (χ2n) is 4.91. The van der Waals surface area contributed by atoms with Crippen molar-refractivity contribution in [3.63, 3.8) is 0 Å². The van der Waals surface area contributed by atoms with E-state index in [2.05, 4.69) is 10.3 Å². The molecular weight excluding hydrogens is 284 g/mol. The lowest BCUT2D eigenvalue weighted by molar-refractivity contribution is 0.0926. The lowest BCUT2D eigenvalue weighted by atomic mass is 10.2. The number of aromatic amines is 1. The highest BCUT2D eigenvalue weighted by molar-refractivity contribution is 7.71. The molecule has 0 saturated heterocycles. The summed E-state index contributed by atoms with van der Waals surface area (Å²) < 4.78 is 6.07. The Labute approximate surface area is 129 Å². The fourth-order valence-corrected chi connectivity index (χ4v) is 2.03. The summed E-state index contributed by atoms with van der Waals surface area (Å²) in [4.78, 5) is 14.9. The molecule has 2 aromatic rings. The van der Waals surface area contributed by atoms with Crippen LogP contribution in [0.2, 0.25) is 0 Å². The Kier molecular flexibility index (Phi) is 5.11. The molecule has 0 aliphatic carbocycles. The Morgan fingerprint density at radius 2 is 2.05 bits per heavy atom. The maximum atomic E-state index is 12.1.